The van der Waals surface area contributed by atoms with Gasteiger partial charge in [-0.05, 0) is 29.1 Å². The minimum Gasteiger partial charge on any atom is -0.503 e. The number of nitrogens with zero attached hydrogens (tertiary/aromatic N) is 2. The Morgan fingerprint density at radius 2 is 2.27 bits per heavy atom. The van der Waals surface area contributed by atoms with Gasteiger partial charge in [0.15, 0.2) is 5.75 Å². The van der Waals surface area contributed by atoms with Crippen molar-refractivity contribution in [1.29, 1.82) is 0 Å². The number of carbonyl (C=O) groups is 1. The lowest BCUT2D eigenvalue weighted by atomic mass is 10.3. The molecule has 8 heteroatoms. The van der Waals surface area contributed by atoms with Crippen molar-refractivity contribution in [3.63, 3.8) is 0 Å². The lowest BCUT2D eigenvalue weighted by molar-refractivity contribution is 0.145. The lowest BCUT2D eigenvalue weighted by Gasteiger charge is -2.09. The number of carbonyl (C=O) groups excluding carboxylic acids is 1. The Labute approximate surface area is 130 Å². The Morgan fingerprint density at radius 1 is 1.45 bits per heavy atom. The second-order valence-corrected chi connectivity index (χ2v) is 5.86. The Bertz CT molecular complexity index is 755. The molecule has 3 heterocycles. The third-order valence-corrected chi connectivity index (χ3v) is 4.40. The van der Waals surface area contributed by atoms with E-state index < -0.39 is 11.7 Å². The van der Waals surface area contributed by atoms with Crippen LogP contribution in [-0.2, 0) is 11.3 Å². The van der Waals surface area contributed by atoms with Crippen LogP contribution in [0.25, 0.3) is 0 Å². The molecule has 1 aliphatic rings. The summed E-state index contributed by atoms with van der Waals surface area (Å²) in [6.07, 6.45) is 0.915. The molecule has 3 rings (SSSR count). The summed E-state index contributed by atoms with van der Waals surface area (Å²) in [4.78, 5) is 25.1. The topological polar surface area (TPSA) is 97.8 Å². The van der Waals surface area contributed by atoms with E-state index in [1.807, 2.05) is 11.4 Å². The standard InChI is InChI=1S/C14H15N3O4S/c15-5-10-7-17(14(20)21-10)12-4-9(8-22-12)6-16-3-1-2-11(18)13(16)19/h1-4,8,10,18H,5-7,15H2/t10-/m0/s1. The van der Waals surface area contributed by atoms with Crippen molar-refractivity contribution in [2.45, 2.75) is 12.6 Å². The summed E-state index contributed by atoms with van der Waals surface area (Å²) in [6, 6.07) is 4.79. The molecule has 0 aliphatic carbocycles. The summed E-state index contributed by atoms with van der Waals surface area (Å²) in [6.45, 7) is 1.05. The second-order valence-electron chi connectivity index (χ2n) is 4.97. The molecular formula is C14H15N3O4S. The van der Waals surface area contributed by atoms with Crippen LogP contribution in [0.2, 0.25) is 0 Å². The van der Waals surface area contributed by atoms with Gasteiger partial charge in [-0.15, -0.1) is 11.3 Å². The van der Waals surface area contributed by atoms with E-state index in [0.717, 1.165) is 10.6 Å². The van der Waals surface area contributed by atoms with Gasteiger partial charge in [0.2, 0.25) is 0 Å². The van der Waals surface area contributed by atoms with E-state index in [2.05, 4.69) is 0 Å². The quantitative estimate of drug-likeness (QED) is 0.873. The fraction of sp³-hybridized carbons (Fsp3) is 0.286. The zero-order valence-electron chi connectivity index (χ0n) is 11.6. The number of thiophene rings is 1. The highest BCUT2D eigenvalue weighted by Gasteiger charge is 2.32. The van der Waals surface area contributed by atoms with E-state index >= 15 is 0 Å². The van der Waals surface area contributed by atoms with Crippen LogP contribution in [0.3, 0.4) is 0 Å². The molecule has 22 heavy (non-hydrogen) atoms. The minimum absolute atomic E-state index is 0.285. The van der Waals surface area contributed by atoms with Gasteiger partial charge in [0.25, 0.3) is 5.56 Å². The molecule has 1 amide bonds. The largest absolute Gasteiger partial charge is 0.503 e. The number of pyridine rings is 1. The maximum atomic E-state index is 11.8. The van der Waals surface area contributed by atoms with Crippen molar-refractivity contribution >= 4 is 22.4 Å². The van der Waals surface area contributed by atoms with Gasteiger partial charge in [0.1, 0.15) is 11.1 Å². The molecule has 7 nitrogen and oxygen atoms in total. The predicted octanol–water partition coefficient (Wildman–Crippen LogP) is 0.948. The Balaban J connectivity index is 1.78. The van der Waals surface area contributed by atoms with E-state index in [1.54, 1.807) is 12.3 Å². The summed E-state index contributed by atoms with van der Waals surface area (Å²) >= 11 is 1.40. The summed E-state index contributed by atoms with van der Waals surface area (Å²) in [5.41, 5.74) is 5.94. The van der Waals surface area contributed by atoms with Crippen molar-refractivity contribution in [3.8, 4) is 5.75 Å². The zero-order chi connectivity index (χ0) is 15.7. The smallest absolute Gasteiger partial charge is 0.415 e. The van der Waals surface area contributed by atoms with Gasteiger partial charge in [-0.2, -0.15) is 0 Å². The third kappa shape index (κ3) is 2.70. The lowest BCUT2D eigenvalue weighted by Crippen LogP contribution is -2.26. The first kappa shape index (κ1) is 14.6. The first-order valence-electron chi connectivity index (χ1n) is 6.72. The summed E-state index contributed by atoms with van der Waals surface area (Å²) in [5.74, 6) is -0.285. The molecule has 2 aromatic rings. The van der Waals surface area contributed by atoms with E-state index in [0.29, 0.717) is 19.6 Å². The minimum atomic E-state index is -0.445. The van der Waals surface area contributed by atoms with Gasteiger partial charge < -0.3 is 20.1 Å². The monoisotopic (exact) mass is 321 g/mol. The molecule has 116 valence electrons. The van der Waals surface area contributed by atoms with E-state index in [-0.39, 0.29) is 11.9 Å². The molecule has 1 atom stereocenters. The van der Waals surface area contributed by atoms with Crippen LogP contribution in [-0.4, -0.2) is 35.0 Å². The number of aromatic nitrogens is 1. The van der Waals surface area contributed by atoms with Crippen LogP contribution >= 0.6 is 11.3 Å². The van der Waals surface area contributed by atoms with E-state index in [9.17, 15) is 14.7 Å². The fourth-order valence-electron chi connectivity index (χ4n) is 2.26. The average Bonchev–Trinajstić information content (AvgIpc) is 3.10. The number of cyclic esters (lactones) is 1. The predicted molar refractivity (Wildman–Crippen MR) is 82.5 cm³/mol. The average molecular weight is 321 g/mol. The third-order valence-electron chi connectivity index (χ3n) is 3.40. The van der Waals surface area contributed by atoms with Crippen molar-refractivity contribution in [2.75, 3.05) is 18.0 Å². The SMILES string of the molecule is NC[C@H]1CN(c2cc(Cn3cccc(O)c3=O)cs2)C(=O)O1. The second kappa shape index (κ2) is 5.82. The molecule has 3 N–H and O–H groups in total. The van der Waals surface area contributed by atoms with Crippen LogP contribution in [0.4, 0.5) is 9.80 Å². The van der Waals surface area contributed by atoms with Gasteiger partial charge in [-0.25, -0.2) is 4.79 Å². The van der Waals surface area contributed by atoms with E-state index in [1.165, 1.54) is 26.9 Å². The van der Waals surface area contributed by atoms with Crippen molar-refractivity contribution < 1.29 is 14.6 Å². The molecule has 0 saturated carbocycles. The molecule has 0 radical (unpaired) electrons. The summed E-state index contributed by atoms with van der Waals surface area (Å²) in [7, 11) is 0. The fourth-order valence-corrected chi connectivity index (χ4v) is 3.17. The Morgan fingerprint density at radius 3 is 3.00 bits per heavy atom. The van der Waals surface area contributed by atoms with E-state index in [4.69, 9.17) is 10.5 Å². The van der Waals surface area contributed by atoms with Crippen molar-refractivity contribution in [3.05, 3.63) is 45.7 Å². The number of anilines is 1. The van der Waals surface area contributed by atoms with Gasteiger partial charge in [-0.1, -0.05) is 0 Å². The van der Waals surface area contributed by atoms with Crippen LogP contribution in [0, 0.1) is 0 Å². The van der Waals surface area contributed by atoms with Gasteiger partial charge in [0, 0.05) is 12.7 Å². The highest BCUT2D eigenvalue weighted by atomic mass is 32.1. The first-order valence-corrected chi connectivity index (χ1v) is 7.60. The maximum Gasteiger partial charge on any atom is 0.415 e. The first-order chi connectivity index (χ1) is 10.6. The number of hydrogen-bond donors (Lipinski definition) is 2. The highest BCUT2D eigenvalue weighted by Crippen LogP contribution is 2.29. The molecule has 0 aromatic carbocycles. The number of ether oxygens (including phenoxy) is 1. The van der Waals surface area contributed by atoms with Crippen molar-refractivity contribution in [2.24, 2.45) is 5.73 Å². The molecule has 0 unspecified atom stereocenters. The molecule has 1 saturated heterocycles. The Hall–Kier alpha value is -2.32. The van der Waals surface area contributed by atoms with Gasteiger partial charge >= 0.3 is 6.09 Å². The number of rotatable bonds is 4. The van der Waals surface area contributed by atoms with Crippen LogP contribution < -0.4 is 16.2 Å². The summed E-state index contributed by atoms with van der Waals surface area (Å²) < 4.78 is 6.53. The summed E-state index contributed by atoms with van der Waals surface area (Å²) in [5, 5.41) is 12.1. The number of hydrogen-bond acceptors (Lipinski definition) is 6. The number of aromatic hydroxyl groups is 1. The number of nitrogens with two attached hydrogens (primary N) is 1. The van der Waals surface area contributed by atoms with Gasteiger partial charge in [0.05, 0.1) is 13.1 Å². The molecule has 0 spiro atoms. The molecule has 1 aliphatic heterocycles. The van der Waals surface area contributed by atoms with Crippen LogP contribution in [0.15, 0.2) is 34.6 Å². The Kier molecular flexibility index (Phi) is 3.86. The highest BCUT2D eigenvalue weighted by molar-refractivity contribution is 7.14. The van der Waals surface area contributed by atoms with Crippen molar-refractivity contribution in [1.82, 2.24) is 4.57 Å². The zero-order valence-corrected chi connectivity index (χ0v) is 12.5. The maximum absolute atomic E-state index is 11.8. The molecular weight excluding hydrogens is 306 g/mol. The number of amides is 1. The molecule has 2 aromatic heterocycles. The van der Waals surface area contributed by atoms with Crippen LogP contribution in [0.5, 0.6) is 5.75 Å². The van der Waals surface area contributed by atoms with Crippen LogP contribution in [0.1, 0.15) is 5.56 Å². The van der Waals surface area contributed by atoms with Gasteiger partial charge in [-0.3, -0.25) is 9.69 Å². The normalized spacial score (nSPS) is 17.8. The molecule has 0 bridgehead atoms. The molecule has 1 fully saturated rings.